The van der Waals surface area contributed by atoms with Crippen LogP contribution in [-0.2, 0) is 6.18 Å². The number of halogens is 4. The average Bonchev–Trinajstić information content (AvgIpc) is 2.47. The molecular weight excluding hydrogens is 434 g/mol. The van der Waals surface area contributed by atoms with Crippen LogP contribution in [-0.4, -0.2) is 17.6 Å². The lowest BCUT2D eigenvalue weighted by molar-refractivity contribution is -0.138. The van der Waals surface area contributed by atoms with Gasteiger partial charge in [-0.05, 0) is 66.5 Å². The summed E-state index contributed by atoms with van der Waals surface area (Å²) in [5.41, 5.74) is 10.7. The molecule has 1 aromatic carbocycles. The number of hydrogen-bond donors (Lipinski definition) is 2. The third kappa shape index (κ3) is 3.05. The predicted octanol–water partition coefficient (Wildman–Crippen LogP) is 3.42. The molecule has 1 spiro atoms. The third-order valence-electron chi connectivity index (χ3n) is 4.36. The number of alkyl halides is 3. The van der Waals surface area contributed by atoms with Gasteiger partial charge in [0.15, 0.2) is 0 Å². The van der Waals surface area contributed by atoms with Crippen molar-refractivity contribution in [1.82, 2.24) is 0 Å². The molecule has 0 atom stereocenters. The lowest BCUT2D eigenvalue weighted by atomic mass is 9.87. The lowest BCUT2D eigenvalue weighted by Gasteiger charge is -2.45. The summed E-state index contributed by atoms with van der Waals surface area (Å²) in [6.07, 6.45) is -0.193. The van der Waals surface area contributed by atoms with Gasteiger partial charge in [0.25, 0.3) is 0 Å². The van der Waals surface area contributed by atoms with Crippen molar-refractivity contribution in [1.29, 1.82) is 0 Å². The number of nitrogens with zero attached hydrogens (tertiary/aromatic N) is 3. The minimum absolute atomic E-state index is 0.0761. The monoisotopic (exact) mass is 451 g/mol. The molecular formula is C15H17F3IN5. The van der Waals surface area contributed by atoms with E-state index in [0.717, 1.165) is 25.3 Å². The van der Waals surface area contributed by atoms with E-state index in [1.165, 1.54) is 6.07 Å². The van der Waals surface area contributed by atoms with Crippen molar-refractivity contribution in [2.24, 2.45) is 21.5 Å². The van der Waals surface area contributed by atoms with Gasteiger partial charge in [0, 0.05) is 9.26 Å². The van der Waals surface area contributed by atoms with Gasteiger partial charge in [0.1, 0.15) is 5.66 Å². The van der Waals surface area contributed by atoms with Crippen LogP contribution < -0.4 is 16.4 Å². The van der Waals surface area contributed by atoms with Gasteiger partial charge in [-0.2, -0.15) is 18.2 Å². The average molecular weight is 451 g/mol. The van der Waals surface area contributed by atoms with Crippen LogP contribution in [0.25, 0.3) is 0 Å². The van der Waals surface area contributed by atoms with E-state index in [4.69, 9.17) is 11.5 Å². The first kappa shape index (κ1) is 17.3. The highest BCUT2D eigenvalue weighted by molar-refractivity contribution is 14.1. The molecule has 3 rings (SSSR count). The Kier molecular flexibility index (Phi) is 4.39. The van der Waals surface area contributed by atoms with Gasteiger partial charge >= 0.3 is 6.18 Å². The van der Waals surface area contributed by atoms with Crippen molar-refractivity contribution < 1.29 is 13.2 Å². The van der Waals surface area contributed by atoms with Crippen molar-refractivity contribution in [2.45, 2.75) is 43.9 Å². The highest BCUT2D eigenvalue weighted by Gasteiger charge is 2.43. The predicted molar refractivity (Wildman–Crippen MR) is 95.7 cm³/mol. The van der Waals surface area contributed by atoms with Crippen molar-refractivity contribution in [3.8, 4) is 0 Å². The molecule has 0 radical (unpaired) electrons. The third-order valence-corrected chi connectivity index (χ3v) is 5.31. The van der Waals surface area contributed by atoms with E-state index in [1.54, 1.807) is 33.6 Å². The molecule has 130 valence electrons. The van der Waals surface area contributed by atoms with Crippen LogP contribution in [0.2, 0.25) is 0 Å². The SMILES string of the molecule is NC1=NC2(CCCCC2)N(c2ccc(I)c(C(F)(F)F)c2)C(N)=N1. The van der Waals surface area contributed by atoms with E-state index in [-0.39, 0.29) is 15.5 Å². The Balaban J connectivity index is 2.11. The van der Waals surface area contributed by atoms with Crippen LogP contribution in [0.15, 0.2) is 28.2 Å². The van der Waals surface area contributed by atoms with Crippen molar-refractivity contribution in [2.75, 3.05) is 4.90 Å². The fourth-order valence-electron chi connectivity index (χ4n) is 3.36. The number of nitrogens with two attached hydrogens (primary N) is 2. The van der Waals surface area contributed by atoms with Gasteiger partial charge in [0.2, 0.25) is 11.9 Å². The zero-order valence-electron chi connectivity index (χ0n) is 12.8. The van der Waals surface area contributed by atoms with Gasteiger partial charge < -0.3 is 11.5 Å². The summed E-state index contributed by atoms with van der Waals surface area (Å²) < 4.78 is 39.9. The van der Waals surface area contributed by atoms with Crippen molar-refractivity contribution >= 4 is 40.2 Å². The molecule has 0 unspecified atom stereocenters. The van der Waals surface area contributed by atoms with Crippen LogP contribution in [0.1, 0.15) is 37.7 Å². The standard InChI is InChI=1S/C15H17F3IN5/c16-15(17,18)10-8-9(4-5-11(10)19)24-13(21)22-12(20)23-14(24)6-2-1-3-7-14/h4-5,8H,1-3,6-7H2,(H4,20,21,22,23). The van der Waals surface area contributed by atoms with E-state index < -0.39 is 17.4 Å². The largest absolute Gasteiger partial charge is 0.417 e. The number of aliphatic imine (C=N–C) groups is 2. The molecule has 1 aliphatic heterocycles. The van der Waals surface area contributed by atoms with Crippen LogP contribution in [0.5, 0.6) is 0 Å². The molecule has 9 heteroatoms. The molecule has 0 amide bonds. The topological polar surface area (TPSA) is 80.0 Å². The molecule has 4 N–H and O–H groups in total. The smallest absolute Gasteiger partial charge is 0.369 e. The summed E-state index contributed by atoms with van der Waals surface area (Å²) in [6.45, 7) is 0. The van der Waals surface area contributed by atoms with Crippen LogP contribution in [0, 0.1) is 3.57 Å². The van der Waals surface area contributed by atoms with E-state index in [0.29, 0.717) is 18.5 Å². The minimum Gasteiger partial charge on any atom is -0.369 e. The maximum Gasteiger partial charge on any atom is 0.417 e. The molecule has 1 heterocycles. The second kappa shape index (κ2) is 6.08. The maximum atomic E-state index is 13.3. The van der Waals surface area contributed by atoms with Gasteiger partial charge in [0.05, 0.1) is 5.56 Å². The molecule has 0 bridgehead atoms. The summed E-state index contributed by atoms with van der Waals surface area (Å²) in [7, 11) is 0. The van der Waals surface area contributed by atoms with Gasteiger partial charge in [-0.25, -0.2) is 4.99 Å². The Morgan fingerprint density at radius 2 is 1.79 bits per heavy atom. The van der Waals surface area contributed by atoms with Gasteiger partial charge in [-0.15, -0.1) is 0 Å². The molecule has 0 aromatic heterocycles. The van der Waals surface area contributed by atoms with Gasteiger partial charge in [-0.3, -0.25) is 4.90 Å². The number of benzene rings is 1. The van der Waals surface area contributed by atoms with Crippen LogP contribution in [0.3, 0.4) is 0 Å². The summed E-state index contributed by atoms with van der Waals surface area (Å²) in [4.78, 5) is 10.0. The first-order valence-corrected chi connectivity index (χ1v) is 8.67. The second-order valence-electron chi connectivity index (χ2n) is 5.98. The molecule has 1 fully saturated rings. The van der Waals surface area contributed by atoms with Crippen molar-refractivity contribution in [3.63, 3.8) is 0 Å². The zero-order valence-corrected chi connectivity index (χ0v) is 14.9. The molecule has 1 aromatic rings. The van der Waals surface area contributed by atoms with Gasteiger partial charge in [-0.1, -0.05) is 6.42 Å². The summed E-state index contributed by atoms with van der Waals surface area (Å²) in [6, 6.07) is 4.16. The summed E-state index contributed by atoms with van der Waals surface area (Å²) >= 11 is 1.68. The first-order chi connectivity index (χ1) is 11.2. The van der Waals surface area contributed by atoms with E-state index in [1.807, 2.05) is 0 Å². The summed E-state index contributed by atoms with van der Waals surface area (Å²) in [5, 5.41) is 0. The Labute approximate surface area is 151 Å². The molecule has 24 heavy (non-hydrogen) atoms. The number of guanidine groups is 2. The molecule has 0 saturated heterocycles. The molecule has 5 nitrogen and oxygen atoms in total. The normalized spacial score (nSPS) is 20.8. The van der Waals surface area contributed by atoms with E-state index >= 15 is 0 Å². The first-order valence-electron chi connectivity index (χ1n) is 7.59. The molecule has 2 aliphatic rings. The Morgan fingerprint density at radius 3 is 2.42 bits per heavy atom. The second-order valence-corrected chi connectivity index (χ2v) is 7.14. The number of anilines is 1. The zero-order chi connectivity index (χ0) is 17.5. The Hall–Kier alpha value is -1.52. The molecule has 1 aliphatic carbocycles. The Morgan fingerprint density at radius 1 is 1.12 bits per heavy atom. The minimum atomic E-state index is -4.43. The van der Waals surface area contributed by atoms with Crippen LogP contribution in [0.4, 0.5) is 18.9 Å². The van der Waals surface area contributed by atoms with E-state index in [2.05, 4.69) is 9.98 Å². The lowest BCUT2D eigenvalue weighted by Crippen LogP contribution is -2.58. The quantitative estimate of drug-likeness (QED) is 0.643. The maximum absolute atomic E-state index is 13.3. The fraction of sp³-hybridized carbons (Fsp3) is 0.467. The van der Waals surface area contributed by atoms with Crippen LogP contribution >= 0.6 is 22.6 Å². The van der Waals surface area contributed by atoms with E-state index in [9.17, 15) is 13.2 Å². The number of rotatable bonds is 1. The number of hydrogen-bond acceptors (Lipinski definition) is 5. The highest BCUT2D eigenvalue weighted by Crippen LogP contribution is 2.42. The highest BCUT2D eigenvalue weighted by atomic mass is 127. The van der Waals surface area contributed by atoms with Crippen molar-refractivity contribution in [3.05, 3.63) is 27.3 Å². The summed E-state index contributed by atoms with van der Waals surface area (Å²) in [5.74, 6) is 0.158. The molecule has 1 saturated carbocycles. The Bertz CT molecular complexity index is 708. The fourth-order valence-corrected chi connectivity index (χ4v) is 4.01.